The Hall–Kier alpha value is -2.90. The third kappa shape index (κ3) is 3.78. The number of hydrogen-bond donors (Lipinski definition) is 0. The van der Waals surface area contributed by atoms with Gasteiger partial charge in [-0.15, -0.1) is 10.2 Å². The molecule has 1 aromatic carbocycles. The normalized spacial score (nSPS) is 10.6. The fourth-order valence-electron chi connectivity index (χ4n) is 1.42. The average molecular weight is 289 g/mol. The van der Waals surface area contributed by atoms with Crippen LogP contribution < -0.4 is 9.47 Å². The van der Waals surface area contributed by atoms with Gasteiger partial charge in [0.25, 0.3) is 0 Å². The van der Waals surface area contributed by atoms with Crippen molar-refractivity contribution in [2.75, 3.05) is 21.2 Å². The molecule has 0 unspecified atom stereocenters. The Morgan fingerprint density at radius 3 is 2.62 bits per heavy atom. The summed E-state index contributed by atoms with van der Waals surface area (Å²) in [5.74, 6) is 0.788. The molecule has 1 heterocycles. The van der Waals surface area contributed by atoms with Gasteiger partial charge in [-0.05, 0) is 23.8 Å². The standard InChI is InChI=1S/C13H15N5O3/c1-17(2)13(19)21-11-5-4-10(6-12(11)20-3)7-16-18-8-14-15-9-18/h4-9H,1-3H3/b16-7-. The van der Waals surface area contributed by atoms with Gasteiger partial charge in [-0.25, -0.2) is 9.47 Å². The summed E-state index contributed by atoms with van der Waals surface area (Å²) in [6, 6.07) is 5.12. The lowest BCUT2D eigenvalue weighted by molar-refractivity contribution is 0.170. The first kappa shape index (κ1) is 14.5. The Bertz CT molecular complexity index is 637. The predicted molar refractivity (Wildman–Crippen MR) is 75.7 cm³/mol. The van der Waals surface area contributed by atoms with Crippen LogP contribution in [-0.2, 0) is 0 Å². The molecule has 1 aromatic heterocycles. The molecule has 0 N–H and O–H groups in total. The van der Waals surface area contributed by atoms with E-state index < -0.39 is 6.09 Å². The lowest BCUT2D eigenvalue weighted by Gasteiger charge is -2.13. The highest BCUT2D eigenvalue weighted by Crippen LogP contribution is 2.28. The van der Waals surface area contributed by atoms with Crippen LogP contribution in [0.5, 0.6) is 11.5 Å². The van der Waals surface area contributed by atoms with Gasteiger partial charge in [-0.2, -0.15) is 5.10 Å². The van der Waals surface area contributed by atoms with Crippen LogP contribution in [0, 0.1) is 0 Å². The molecular formula is C13H15N5O3. The zero-order chi connectivity index (χ0) is 15.2. The second-order valence-electron chi connectivity index (χ2n) is 4.26. The number of amides is 1. The van der Waals surface area contributed by atoms with E-state index >= 15 is 0 Å². The van der Waals surface area contributed by atoms with Crippen molar-refractivity contribution in [3.05, 3.63) is 36.4 Å². The monoisotopic (exact) mass is 289 g/mol. The Morgan fingerprint density at radius 1 is 1.29 bits per heavy atom. The van der Waals surface area contributed by atoms with Gasteiger partial charge in [-0.1, -0.05) is 0 Å². The second-order valence-corrected chi connectivity index (χ2v) is 4.26. The van der Waals surface area contributed by atoms with Gasteiger partial charge in [0.1, 0.15) is 12.7 Å². The molecule has 0 bridgehead atoms. The first-order chi connectivity index (χ1) is 10.1. The van der Waals surface area contributed by atoms with Gasteiger partial charge in [0.15, 0.2) is 11.5 Å². The van der Waals surface area contributed by atoms with E-state index in [-0.39, 0.29) is 0 Å². The van der Waals surface area contributed by atoms with Crippen molar-refractivity contribution < 1.29 is 14.3 Å². The van der Waals surface area contributed by atoms with Crippen molar-refractivity contribution in [2.24, 2.45) is 5.10 Å². The van der Waals surface area contributed by atoms with Gasteiger partial charge in [0, 0.05) is 14.1 Å². The number of nitrogens with zero attached hydrogens (tertiary/aromatic N) is 5. The van der Waals surface area contributed by atoms with Crippen molar-refractivity contribution in [1.82, 2.24) is 19.8 Å². The summed E-state index contributed by atoms with van der Waals surface area (Å²) in [5, 5.41) is 11.4. The van der Waals surface area contributed by atoms with Crippen LogP contribution in [0.3, 0.4) is 0 Å². The minimum Gasteiger partial charge on any atom is -0.493 e. The lowest BCUT2D eigenvalue weighted by Crippen LogP contribution is -2.25. The molecule has 0 aliphatic heterocycles. The van der Waals surface area contributed by atoms with Crippen molar-refractivity contribution in [3.8, 4) is 11.5 Å². The van der Waals surface area contributed by atoms with Crippen molar-refractivity contribution >= 4 is 12.3 Å². The summed E-state index contributed by atoms with van der Waals surface area (Å²) in [5.41, 5.74) is 0.783. The lowest BCUT2D eigenvalue weighted by atomic mass is 10.2. The van der Waals surface area contributed by atoms with Crippen LogP contribution >= 0.6 is 0 Å². The maximum Gasteiger partial charge on any atom is 0.414 e. The third-order valence-corrected chi connectivity index (χ3v) is 2.50. The predicted octanol–water partition coefficient (Wildman–Crippen LogP) is 1.23. The van der Waals surface area contributed by atoms with E-state index in [9.17, 15) is 4.79 Å². The number of ether oxygens (including phenoxy) is 2. The van der Waals surface area contributed by atoms with Crippen LogP contribution in [-0.4, -0.2) is 53.3 Å². The highest BCUT2D eigenvalue weighted by atomic mass is 16.6. The molecule has 21 heavy (non-hydrogen) atoms. The van der Waals surface area contributed by atoms with Gasteiger partial charge < -0.3 is 14.4 Å². The van der Waals surface area contributed by atoms with E-state index in [1.54, 1.807) is 38.5 Å². The van der Waals surface area contributed by atoms with Crippen LogP contribution in [0.4, 0.5) is 4.79 Å². The number of hydrogen-bond acceptors (Lipinski definition) is 6. The quantitative estimate of drug-likeness (QED) is 0.791. The number of carbonyl (C=O) groups is 1. The van der Waals surface area contributed by atoms with Crippen molar-refractivity contribution in [3.63, 3.8) is 0 Å². The molecule has 2 aromatic rings. The maximum atomic E-state index is 11.6. The zero-order valence-corrected chi connectivity index (χ0v) is 11.9. The molecule has 0 radical (unpaired) electrons. The summed E-state index contributed by atoms with van der Waals surface area (Å²) >= 11 is 0. The molecule has 0 spiro atoms. The van der Waals surface area contributed by atoms with Crippen LogP contribution in [0.25, 0.3) is 0 Å². The molecule has 0 fully saturated rings. The van der Waals surface area contributed by atoms with Gasteiger partial charge in [0.05, 0.1) is 13.3 Å². The minimum absolute atomic E-state index is 0.345. The highest BCUT2D eigenvalue weighted by Gasteiger charge is 2.11. The Labute approximate surface area is 121 Å². The first-order valence-electron chi connectivity index (χ1n) is 6.06. The number of carbonyl (C=O) groups excluding carboxylic acids is 1. The maximum absolute atomic E-state index is 11.6. The molecule has 2 rings (SSSR count). The molecule has 0 aliphatic carbocycles. The Balaban J connectivity index is 2.18. The van der Waals surface area contributed by atoms with E-state index in [0.29, 0.717) is 11.5 Å². The molecule has 8 heteroatoms. The summed E-state index contributed by atoms with van der Waals surface area (Å²) in [4.78, 5) is 12.9. The molecule has 0 saturated heterocycles. The summed E-state index contributed by atoms with van der Waals surface area (Å²) < 4.78 is 11.9. The highest BCUT2D eigenvalue weighted by molar-refractivity contribution is 5.81. The van der Waals surface area contributed by atoms with Gasteiger partial charge in [-0.3, -0.25) is 0 Å². The molecule has 0 saturated carbocycles. The summed E-state index contributed by atoms with van der Waals surface area (Å²) in [6.45, 7) is 0. The van der Waals surface area contributed by atoms with Crippen molar-refractivity contribution in [2.45, 2.75) is 0 Å². The fourth-order valence-corrected chi connectivity index (χ4v) is 1.42. The third-order valence-electron chi connectivity index (χ3n) is 2.50. The van der Waals surface area contributed by atoms with E-state index in [2.05, 4.69) is 15.3 Å². The molecule has 0 aliphatic rings. The largest absolute Gasteiger partial charge is 0.493 e. The second kappa shape index (κ2) is 6.51. The SMILES string of the molecule is COc1cc(/C=N\n2cnnc2)ccc1OC(=O)N(C)C. The van der Waals surface area contributed by atoms with Gasteiger partial charge >= 0.3 is 6.09 Å². The summed E-state index contributed by atoms with van der Waals surface area (Å²) in [7, 11) is 4.72. The summed E-state index contributed by atoms with van der Waals surface area (Å²) in [6.07, 6.45) is 4.09. The Kier molecular flexibility index (Phi) is 4.50. The van der Waals surface area contributed by atoms with Crippen molar-refractivity contribution in [1.29, 1.82) is 0 Å². The smallest absolute Gasteiger partial charge is 0.414 e. The molecule has 1 amide bonds. The fraction of sp³-hybridized carbons (Fsp3) is 0.231. The van der Waals surface area contributed by atoms with Crippen LogP contribution in [0.15, 0.2) is 36.0 Å². The molecule has 0 atom stereocenters. The van der Waals surface area contributed by atoms with Gasteiger partial charge in [0.2, 0.25) is 0 Å². The number of benzene rings is 1. The van der Waals surface area contributed by atoms with E-state index in [1.807, 2.05) is 0 Å². The molecule has 8 nitrogen and oxygen atoms in total. The number of rotatable bonds is 4. The average Bonchev–Trinajstić information content (AvgIpc) is 2.99. The zero-order valence-electron chi connectivity index (χ0n) is 11.9. The number of methoxy groups -OCH3 is 1. The topological polar surface area (TPSA) is 81.8 Å². The first-order valence-corrected chi connectivity index (χ1v) is 6.06. The Morgan fingerprint density at radius 2 is 2.00 bits per heavy atom. The van der Waals surface area contributed by atoms with Crippen LogP contribution in [0.1, 0.15) is 5.56 Å². The van der Waals surface area contributed by atoms with E-state index in [4.69, 9.17) is 9.47 Å². The van der Waals surface area contributed by atoms with E-state index in [1.165, 1.54) is 29.3 Å². The minimum atomic E-state index is -0.473. The number of aromatic nitrogens is 3. The molecular weight excluding hydrogens is 274 g/mol. The molecule has 110 valence electrons. The van der Waals surface area contributed by atoms with E-state index in [0.717, 1.165) is 5.56 Å². The van der Waals surface area contributed by atoms with Crippen LogP contribution in [0.2, 0.25) is 0 Å².